The van der Waals surface area contributed by atoms with Crippen LogP contribution in [0.15, 0.2) is 42.7 Å². The minimum Gasteiger partial charge on any atom is -0.492 e. The van der Waals surface area contributed by atoms with Crippen LogP contribution in [0.2, 0.25) is 0 Å². The number of hydrogen-bond donors (Lipinski definition) is 0. The van der Waals surface area contributed by atoms with E-state index in [1.807, 2.05) is 31.2 Å². The lowest BCUT2D eigenvalue weighted by atomic mass is 9.93. The predicted molar refractivity (Wildman–Crippen MR) is 78.6 cm³/mol. The number of rotatable bonds is 4. The highest BCUT2D eigenvalue weighted by atomic mass is 16.5. The predicted octanol–water partition coefficient (Wildman–Crippen LogP) is 2.98. The maximum Gasteiger partial charge on any atom is 0.197 e. The summed E-state index contributed by atoms with van der Waals surface area (Å²) in [7, 11) is 0. The Morgan fingerprint density at radius 2 is 2.24 bits per heavy atom. The van der Waals surface area contributed by atoms with Gasteiger partial charge in [-0.2, -0.15) is 0 Å². The van der Waals surface area contributed by atoms with Crippen molar-refractivity contribution in [1.29, 1.82) is 0 Å². The number of ether oxygens (including phenoxy) is 2. The molecule has 0 radical (unpaired) electrons. The van der Waals surface area contributed by atoms with Crippen molar-refractivity contribution in [3.8, 4) is 5.75 Å². The molecule has 0 aliphatic carbocycles. The number of Topliss-reactive ketones (excluding diaryl/α,β-unsaturated/α-hetero) is 1. The molecular formula is C17H17NO3. The summed E-state index contributed by atoms with van der Waals surface area (Å²) >= 11 is 0. The third kappa shape index (κ3) is 2.81. The molecule has 0 spiro atoms. The first-order valence-electron chi connectivity index (χ1n) is 7.11. The van der Waals surface area contributed by atoms with Gasteiger partial charge in [-0.1, -0.05) is 24.3 Å². The molecule has 0 N–H and O–H groups in total. The van der Waals surface area contributed by atoms with Crippen molar-refractivity contribution in [1.82, 2.24) is 4.98 Å². The Hall–Kier alpha value is -2.20. The van der Waals surface area contributed by atoms with Gasteiger partial charge in [0, 0.05) is 11.8 Å². The lowest BCUT2D eigenvalue weighted by Crippen LogP contribution is -2.23. The first-order chi connectivity index (χ1) is 10.3. The molecule has 0 saturated carbocycles. The Labute approximate surface area is 123 Å². The molecule has 1 aliphatic rings. The fourth-order valence-corrected chi connectivity index (χ4v) is 2.56. The molecular weight excluding hydrogens is 266 g/mol. The van der Waals surface area contributed by atoms with Gasteiger partial charge < -0.3 is 9.47 Å². The topological polar surface area (TPSA) is 48.4 Å². The van der Waals surface area contributed by atoms with Crippen molar-refractivity contribution < 1.29 is 14.3 Å². The van der Waals surface area contributed by atoms with Crippen molar-refractivity contribution >= 4 is 5.78 Å². The second-order valence-corrected chi connectivity index (χ2v) is 4.91. The summed E-state index contributed by atoms with van der Waals surface area (Å²) in [5.41, 5.74) is 2.65. The first kappa shape index (κ1) is 13.8. The van der Waals surface area contributed by atoms with Gasteiger partial charge in [0.25, 0.3) is 0 Å². The Morgan fingerprint density at radius 3 is 3.10 bits per heavy atom. The van der Waals surface area contributed by atoms with Crippen LogP contribution >= 0.6 is 0 Å². The third-order valence-electron chi connectivity index (χ3n) is 3.54. The second-order valence-electron chi connectivity index (χ2n) is 4.91. The van der Waals surface area contributed by atoms with Gasteiger partial charge in [0.2, 0.25) is 0 Å². The summed E-state index contributed by atoms with van der Waals surface area (Å²) in [6.45, 7) is 3.00. The van der Waals surface area contributed by atoms with Crippen LogP contribution in [-0.4, -0.2) is 24.0 Å². The van der Waals surface area contributed by atoms with Crippen LogP contribution in [0.25, 0.3) is 0 Å². The van der Waals surface area contributed by atoms with Gasteiger partial charge in [0.1, 0.15) is 11.9 Å². The van der Waals surface area contributed by atoms with Gasteiger partial charge in [-0.3, -0.25) is 9.78 Å². The number of nitrogens with zero attached hydrogens (tertiary/aromatic N) is 1. The minimum atomic E-state index is -0.548. The molecule has 3 rings (SSSR count). The molecule has 1 unspecified atom stereocenters. The zero-order valence-electron chi connectivity index (χ0n) is 11.9. The quantitative estimate of drug-likeness (QED) is 0.809. The average Bonchev–Trinajstić information content (AvgIpc) is 2.54. The van der Waals surface area contributed by atoms with E-state index in [0.717, 1.165) is 12.0 Å². The van der Waals surface area contributed by atoms with E-state index < -0.39 is 6.10 Å². The maximum atomic E-state index is 12.7. The molecule has 4 nitrogen and oxygen atoms in total. The van der Waals surface area contributed by atoms with Gasteiger partial charge >= 0.3 is 0 Å². The molecule has 1 atom stereocenters. The number of pyridine rings is 1. The van der Waals surface area contributed by atoms with Gasteiger partial charge in [-0.15, -0.1) is 0 Å². The standard InChI is InChI=1S/C17H17NO3/c1-2-20-14-9-13(10-18-11-14)16(19)17-15-6-4-3-5-12(15)7-8-21-17/h3-6,9-11,17H,2,7-8H2,1H3. The van der Waals surface area contributed by atoms with Crippen LogP contribution in [0.4, 0.5) is 0 Å². The monoisotopic (exact) mass is 283 g/mol. The van der Waals surface area contributed by atoms with Crippen LogP contribution < -0.4 is 4.74 Å². The van der Waals surface area contributed by atoms with Crippen LogP contribution in [-0.2, 0) is 11.2 Å². The highest BCUT2D eigenvalue weighted by Gasteiger charge is 2.28. The molecule has 0 fully saturated rings. The Bertz CT molecular complexity index is 654. The number of benzene rings is 1. The number of aromatic nitrogens is 1. The summed E-state index contributed by atoms with van der Waals surface area (Å²) in [4.78, 5) is 16.8. The van der Waals surface area contributed by atoms with E-state index in [4.69, 9.17) is 9.47 Å². The Kier molecular flexibility index (Phi) is 3.97. The average molecular weight is 283 g/mol. The van der Waals surface area contributed by atoms with E-state index in [0.29, 0.717) is 24.5 Å². The first-order valence-corrected chi connectivity index (χ1v) is 7.11. The lowest BCUT2D eigenvalue weighted by Gasteiger charge is -2.25. The van der Waals surface area contributed by atoms with E-state index in [2.05, 4.69) is 4.98 Å². The summed E-state index contributed by atoms with van der Waals surface area (Å²) in [5, 5.41) is 0. The van der Waals surface area contributed by atoms with Gasteiger partial charge in [-0.25, -0.2) is 0 Å². The van der Waals surface area contributed by atoms with Crippen molar-refractivity contribution in [2.75, 3.05) is 13.2 Å². The third-order valence-corrected chi connectivity index (χ3v) is 3.54. The van der Waals surface area contributed by atoms with Gasteiger partial charge in [0.05, 0.1) is 19.4 Å². The normalized spacial score (nSPS) is 17.1. The minimum absolute atomic E-state index is 0.0730. The van der Waals surface area contributed by atoms with Crippen LogP contribution in [0.5, 0.6) is 5.75 Å². The maximum absolute atomic E-state index is 12.7. The number of carbonyl (C=O) groups is 1. The van der Waals surface area contributed by atoms with E-state index in [9.17, 15) is 4.79 Å². The van der Waals surface area contributed by atoms with E-state index >= 15 is 0 Å². The van der Waals surface area contributed by atoms with Crippen molar-refractivity contribution in [3.63, 3.8) is 0 Å². The molecule has 0 bridgehead atoms. The summed E-state index contributed by atoms with van der Waals surface area (Å²) in [6, 6.07) is 9.65. The summed E-state index contributed by atoms with van der Waals surface area (Å²) < 4.78 is 11.1. The fourth-order valence-electron chi connectivity index (χ4n) is 2.56. The molecule has 1 aliphatic heterocycles. The number of hydrogen-bond acceptors (Lipinski definition) is 4. The highest BCUT2D eigenvalue weighted by molar-refractivity contribution is 6.00. The van der Waals surface area contributed by atoms with Gasteiger partial charge in [-0.05, 0) is 30.5 Å². The van der Waals surface area contributed by atoms with Crippen LogP contribution in [0, 0.1) is 0 Å². The van der Waals surface area contributed by atoms with Crippen molar-refractivity contribution in [2.24, 2.45) is 0 Å². The van der Waals surface area contributed by atoms with E-state index in [-0.39, 0.29) is 5.78 Å². The molecule has 0 amide bonds. The van der Waals surface area contributed by atoms with Gasteiger partial charge in [0.15, 0.2) is 5.78 Å². The molecule has 0 saturated heterocycles. The molecule has 108 valence electrons. The molecule has 4 heteroatoms. The second kappa shape index (κ2) is 6.06. The van der Waals surface area contributed by atoms with E-state index in [1.165, 1.54) is 5.56 Å². The zero-order chi connectivity index (χ0) is 14.7. The smallest absolute Gasteiger partial charge is 0.197 e. The molecule has 21 heavy (non-hydrogen) atoms. The molecule has 2 aromatic rings. The number of fused-ring (bicyclic) bond motifs is 1. The van der Waals surface area contributed by atoms with Crippen molar-refractivity contribution in [2.45, 2.75) is 19.4 Å². The highest BCUT2D eigenvalue weighted by Crippen LogP contribution is 2.30. The molecule has 1 aromatic heterocycles. The number of ketones is 1. The SMILES string of the molecule is CCOc1cncc(C(=O)C2OCCc3ccccc32)c1. The largest absolute Gasteiger partial charge is 0.492 e. The zero-order valence-corrected chi connectivity index (χ0v) is 11.9. The van der Waals surface area contributed by atoms with Crippen molar-refractivity contribution in [3.05, 3.63) is 59.4 Å². The fraction of sp³-hybridized carbons (Fsp3) is 0.294. The summed E-state index contributed by atoms with van der Waals surface area (Å²) in [6.07, 6.45) is 3.46. The Balaban J connectivity index is 1.91. The Morgan fingerprint density at radius 1 is 1.38 bits per heavy atom. The van der Waals surface area contributed by atoms with E-state index in [1.54, 1.807) is 18.5 Å². The van der Waals surface area contributed by atoms with Crippen LogP contribution in [0.1, 0.15) is 34.5 Å². The lowest BCUT2D eigenvalue weighted by molar-refractivity contribution is 0.0348. The molecule has 1 aromatic carbocycles. The molecule has 2 heterocycles. The van der Waals surface area contributed by atoms with Crippen LogP contribution in [0.3, 0.4) is 0 Å². The number of carbonyl (C=O) groups excluding carboxylic acids is 1. The summed E-state index contributed by atoms with van der Waals surface area (Å²) in [5.74, 6) is 0.531.